The molecule has 2 rings (SSSR count). The molecule has 1 aromatic carbocycles. The Morgan fingerprint density at radius 2 is 1.88 bits per heavy atom. The van der Waals surface area contributed by atoms with E-state index < -0.39 is 5.91 Å². The SMILES string of the molecule is NC(=O)c1ccccc1Oc1cccnc1Cl. The summed E-state index contributed by atoms with van der Waals surface area (Å²) >= 11 is 5.85. The molecule has 0 spiro atoms. The smallest absolute Gasteiger partial charge is 0.252 e. The van der Waals surface area contributed by atoms with Gasteiger partial charge in [0, 0.05) is 6.20 Å². The van der Waals surface area contributed by atoms with Crippen molar-refractivity contribution in [2.45, 2.75) is 0 Å². The van der Waals surface area contributed by atoms with Crippen molar-refractivity contribution in [3.8, 4) is 11.5 Å². The molecule has 0 aliphatic rings. The van der Waals surface area contributed by atoms with E-state index in [0.29, 0.717) is 17.1 Å². The Balaban J connectivity index is 2.37. The van der Waals surface area contributed by atoms with Crippen molar-refractivity contribution in [2.75, 3.05) is 0 Å². The number of hydrogen-bond donors (Lipinski definition) is 1. The minimum absolute atomic E-state index is 0.228. The number of primary amides is 1. The number of rotatable bonds is 3. The number of amides is 1. The van der Waals surface area contributed by atoms with Crippen LogP contribution in [0, 0.1) is 0 Å². The van der Waals surface area contributed by atoms with Crippen molar-refractivity contribution in [1.29, 1.82) is 0 Å². The van der Waals surface area contributed by atoms with E-state index >= 15 is 0 Å². The number of aromatic nitrogens is 1. The topological polar surface area (TPSA) is 65.2 Å². The molecule has 0 aliphatic carbocycles. The van der Waals surface area contributed by atoms with Crippen molar-refractivity contribution in [3.05, 3.63) is 53.3 Å². The zero-order chi connectivity index (χ0) is 12.3. The molecule has 0 atom stereocenters. The largest absolute Gasteiger partial charge is 0.453 e. The molecule has 0 saturated heterocycles. The normalized spacial score (nSPS) is 9.94. The maximum absolute atomic E-state index is 11.2. The number of nitrogens with zero attached hydrogens (tertiary/aromatic N) is 1. The molecule has 4 nitrogen and oxygen atoms in total. The van der Waals surface area contributed by atoms with Crippen molar-refractivity contribution in [1.82, 2.24) is 4.98 Å². The van der Waals surface area contributed by atoms with Crippen LogP contribution in [-0.4, -0.2) is 10.9 Å². The standard InChI is InChI=1S/C12H9ClN2O2/c13-11-10(6-3-7-15-11)17-9-5-2-1-4-8(9)12(14)16/h1-7H,(H2,14,16). The molecule has 86 valence electrons. The van der Waals surface area contributed by atoms with Crippen LogP contribution in [0.4, 0.5) is 0 Å². The van der Waals surface area contributed by atoms with Crippen LogP contribution in [0.1, 0.15) is 10.4 Å². The van der Waals surface area contributed by atoms with Gasteiger partial charge in [-0.05, 0) is 24.3 Å². The fourth-order valence-corrected chi connectivity index (χ4v) is 1.48. The molecule has 2 N–H and O–H groups in total. The molecular formula is C12H9ClN2O2. The third kappa shape index (κ3) is 2.54. The van der Waals surface area contributed by atoms with E-state index in [-0.39, 0.29) is 5.15 Å². The molecule has 0 radical (unpaired) electrons. The molecule has 0 unspecified atom stereocenters. The average molecular weight is 249 g/mol. The third-order valence-corrected chi connectivity index (χ3v) is 2.38. The first-order valence-electron chi connectivity index (χ1n) is 4.85. The van der Waals surface area contributed by atoms with Crippen molar-refractivity contribution < 1.29 is 9.53 Å². The Morgan fingerprint density at radius 3 is 2.59 bits per heavy atom. The number of nitrogens with two attached hydrogens (primary N) is 1. The maximum atomic E-state index is 11.2. The van der Waals surface area contributed by atoms with Gasteiger partial charge in [-0.25, -0.2) is 4.98 Å². The van der Waals surface area contributed by atoms with Gasteiger partial charge >= 0.3 is 0 Å². The predicted octanol–water partition coefficient (Wildman–Crippen LogP) is 2.63. The molecule has 0 fully saturated rings. The lowest BCUT2D eigenvalue weighted by molar-refractivity contribution is 0.0998. The van der Waals surface area contributed by atoms with E-state index in [1.807, 2.05) is 0 Å². The van der Waals surface area contributed by atoms with Gasteiger partial charge < -0.3 is 10.5 Å². The first-order valence-corrected chi connectivity index (χ1v) is 5.23. The summed E-state index contributed by atoms with van der Waals surface area (Å²) in [4.78, 5) is 15.1. The highest BCUT2D eigenvalue weighted by atomic mass is 35.5. The molecule has 1 heterocycles. The summed E-state index contributed by atoms with van der Waals surface area (Å²) in [6.45, 7) is 0. The highest BCUT2D eigenvalue weighted by Crippen LogP contribution is 2.29. The van der Waals surface area contributed by atoms with E-state index in [0.717, 1.165) is 0 Å². The maximum Gasteiger partial charge on any atom is 0.252 e. The quantitative estimate of drug-likeness (QED) is 0.849. The molecule has 0 saturated carbocycles. The highest BCUT2D eigenvalue weighted by molar-refractivity contribution is 6.30. The Bertz CT molecular complexity index is 558. The monoisotopic (exact) mass is 248 g/mol. The summed E-state index contributed by atoms with van der Waals surface area (Å²) in [5.74, 6) is 0.179. The summed E-state index contributed by atoms with van der Waals surface area (Å²) < 4.78 is 5.51. The summed E-state index contributed by atoms with van der Waals surface area (Å²) in [5.41, 5.74) is 5.54. The number of pyridine rings is 1. The van der Waals surface area contributed by atoms with Gasteiger partial charge in [0.2, 0.25) is 0 Å². The molecule has 2 aromatic rings. The predicted molar refractivity (Wildman–Crippen MR) is 64.3 cm³/mol. The van der Waals surface area contributed by atoms with E-state index in [9.17, 15) is 4.79 Å². The molecule has 5 heteroatoms. The van der Waals surface area contributed by atoms with Gasteiger partial charge in [-0.2, -0.15) is 0 Å². The Morgan fingerprint density at radius 1 is 1.18 bits per heavy atom. The molecular weight excluding hydrogens is 240 g/mol. The average Bonchev–Trinajstić information content (AvgIpc) is 2.32. The number of carbonyl (C=O) groups is 1. The Kier molecular flexibility index (Phi) is 3.25. The fourth-order valence-electron chi connectivity index (χ4n) is 1.33. The first-order chi connectivity index (χ1) is 8.18. The lowest BCUT2D eigenvalue weighted by Gasteiger charge is -2.09. The van der Waals surface area contributed by atoms with Crippen LogP contribution >= 0.6 is 11.6 Å². The number of ether oxygens (including phenoxy) is 1. The van der Waals surface area contributed by atoms with Crippen molar-refractivity contribution in [3.63, 3.8) is 0 Å². The minimum Gasteiger partial charge on any atom is -0.453 e. The zero-order valence-corrected chi connectivity index (χ0v) is 9.52. The van der Waals surface area contributed by atoms with E-state index in [4.69, 9.17) is 22.1 Å². The van der Waals surface area contributed by atoms with Gasteiger partial charge in [0.1, 0.15) is 5.75 Å². The van der Waals surface area contributed by atoms with Crippen LogP contribution in [0.3, 0.4) is 0 Å². The molecule has 1 amide bonds. The Hall–Kier alpha value is -2.07. The second kappa shape index (κ2) is 4.84. The van der Waals surface area contributed by atoms with E-state index in [1.165, 1.54) is 0 Å². The van der Waals surface area contributed by atoms with E-state index in [1.54, 1.807) is 42.6 Å². The number of para-hydroxylation sites is 1. The third-order valence-electron chi connectivity index (χ3n) is 2.10. The second-order valence-corrected chi connectivity index (χ2v) is 3.61. The van der Waals surface area contributed by atoms with Gasteiger partial charge in [-0.1, -0.05) is 23.7 Å². The van der Waals surface area contributed by atoms with Crippen LogP contribution in [-0.2, 0) is 0 Å². The highest BCUT2D eigenvalue weighted by Gasteiger charge is 2.10. The van der Waals surface area contributed by atoms with E-state index in [2.05, 4.69) is 4.98 Å². The lowest BCUT2D eigenvalue weighted by Crippen LogP contribution is -2.12. The van der Waals surface area contributed by atoms with Crippen LogP contribution in [0.25, 0.3) is 0 Å². The number of halogens is 1. The van der Waals surface area contributed by atoms with Gasteiger partial charge in [0.25, 0.3) is 5.91 Å². The summed E-state index contributed by atoms with van der Waals surface area (Å²) in [5, 5.41) is 0.228. The van der Waals surface area contributed by atoms with Gasteiger partial charge in [0.15, 0.2) is 10.9 Å². The van der Waals surface area contributed by atoms with Gasteiger partial charge in [-0.15, -0.1) is 0 Å². The van der Waals surface area contributed by atoms with Crippen molar-refractivity contribution in [2.24, 2.45) is 5.73 Å². The Labute approximate surface area is 103 Å². The zero-order valence-electron chi connectivity index (χ0n) is 8.76. The molecule has 0 aliphatic heterocycles. The number of benzene rings is 1. The number of carbonyl (C=O) groups excluding carboxylic acids is 1. The summed E-state index contributed by atoms with van der Waals surface area (Å²) in [7, 11) is 0. The van der Waals surface area contributed by atoms with Crippen molar-refractivity contribution >= 4 is 17.5 Å². The molecule has 17 heavy (non-hydrogen) atoms. The fraction of sp³-hybridized carbons (Fsp3) is 0. The van der Waals surface area contributed by atoms with Crippen LogP contribution in [0.2, 0.25) is 5.15 Å². The summed E-state index contributed by atoms with van der Waals surface area (Å²) in [6.07, 6.45) is 1.55. The molecule has 1 aromatic heterocycles. The van der Waals surface area contributed by atoms with Crippen LogP contribution in [0.5, 0.6) is 11.5 Å². The van der Waals surface area contributed by atoms with Crippen LogP contribution < -0.4 is 10.5 Å². The van der Waals surface area contributed by atoms with Crippen LogP contribution in [0.15, 0.2) is 42.6 Å². The first kappa shape index (κ1) is 11.4. The second-order valence-electron chi connectivity index (χ2n) is 3.25. The van der Waals surface area contributed by atoms with Gasteiger partial charge in [0.05, 0.1) is 5.56 Å². The lowest BCUT2D eigenvalue weighted by atomic mass is 10.2. The number of hydrogen-bond acceptors (Lipinski definition) is 3. The molecule has 0 bridgehead atoms. The van der Waals surface area contributed by atoms with Gasteiger partial charge in [-0.3, -0.25) is 4.79 Å². The summed E-state index contributed by atoms with van der Waals surface area (Å²) in [6, 6.07) is 10.0. The minimum atomic E-state index is -0.555.